The maximum atomic E-state index is 11.1. The first-order valence-electron chi connectivity index (χ1n) is 6.87. The molecular formula is C14H25O5PSi. The molecule has 0 heterocycles. The topological polar surface area (TPSA) is 65.0 Å². The standard InChI is InChI=1S/C14H25O5PSi/c1-9-8-10(18-20(15)16)12(19-21(6)7)13(17-5)11(9)14(2,3)4/h8,20-21H,1-7H3,(H,15,16). The van der Waals surface area contributed by atoms with Gasteiger partial charge in [0.05, 0.1) is 7.11 Å². The molecule has 0 aliphatic rings. The number of aryl methyl sites for hydroxylation is 1. The molecule has 1 atom stereocenters. The van der Waals surface area contributed by atoms with Crippen molar-refractivity contribution in [1.29, 1.82) is 0 Å². The summed E-state index contributed by atoms with van der Waals surface area (Å²) < 4.78 is 27.6. The van der Waals surface area contributed by atoms with Crippen molar-refractivity contribution in [1.82, 2.24) is 0 Å². The van der Waals surface area contributed by atoms with Gasteiger partial charge < -0.3 is 18.6 Å². The Hall–Kier alpha value is -0.973. The number of hydrogen-bond donors (Lipinski definition) is 1. The summed E-state index contributed by atoms with van der Waals surface area (Å²) in [6.07, 6.45) is 0. The molecule has 0 aliphatic heterocycles. The van der Waals surface area contributed by atoms with Crippen LogP contribution in [0.4, 0.5) is 0 Å². The van der Waals surface area contributed by atoms with E-state index in [0.29, 0.717) is 11.5 Å². The van der Waals surface area contributed by atoms with Gasteiger partial charge in [-0.3, -0.25) is 0 Å². The van der Waals surface area contributed by atoms with Crippen LogP contribution < -0.4 is 13.7 Å². The minimum atomic E-state index is -3.10. The van der Waals surface area contributed by atoms with Crippen LogP contribution in [0.3, 0.4) is 0 Å². The van der Waals surface area contributed by atoms with Crippen LogP contribution in [-0.2, 0) is 9.98 Å². The summed E-state index contributed by atoms with van der Waals surface area (Å²) in [6.45, 7) is 12.2. The fourth-order valence-electron chi connectivity index (χ4n) is 2.38. The molecule has 7 heteroatoms. The molecule has 120 valence electrons. The maximum Gasteiger partial charge on any atom is 0.365 e. The van der Waals surface area contributed by atoms with Crippen LogP contribution in [0.1, 0.15) is 31.9 Å². The second-order valence-corrected chi connectivity index (χ2v) is 9.28. The monoisotopic (exact) mass is 332 g/mol. The van der Waals surface area contributed by atoms with E-state index in [-0.39, 0.29) is 11.2 Å². The largest absolute Gasteiger partial charge is 0.542 e. The highest BCUT2D eigenvalue weighted by atomic mass is 31.1. The van der Waals surface area contributed by atoms with E-state index in [4.69, 9.17) is 18.6 Å². The van der Waals surface area contributed by atoms with Gasteiger partial charge in [0.25, 0.3) is 0 Å². The molecule has 0 radical (unpaired) electrons. The average molecular weight is 332 g/mol. The highest BCUT2D eigenvalue weighted by Gasteiger charge is 2.28. The van der Waals surface area contributed by atoms with Crippen molar-refractivity contribution < 1.29 is 23.1 Å². The Morgan fingerprint density at radius 2 is 1.81 bits per heavy atom. The van der Waals surface area contributed by atoms with Gasteiger partial charge in [0.15, 0.2) is 17.2 Å². The predicted molar refractivity (Wildman–Crippen MR) is 87.8 cm³/mol. The van der Waals surface area contributed by atoms with E-state index >= 15 is 0 Å². The van der Waals surface area contributed by atoms with Crippen LogP contribution in [0.2, 0.25) is 13.1 Å². The van der Waals surface area contributed by atoms with Crippen LogP contribution in [0.5, 0.6) is 17.2 Å². The average Bonchev–Trinajstić information content (AvgIpc) is 2.28. The van der Waals surface area contributed by atoms with Gasteiger partial charge in [-0.15, -0.1) is 0 Å². The predicted octanol–water partition coefficient (Wildman–Crippen LogP) is 3.42. The first kappa shape index (κ1) is 18.1. The van der Waals surface area contributed by atoms with Gasteiger partial charge >= 0.3 is 8.25 Å². The Morgan fingerprint density at radius 1 is 1.24 bits per heavy atom. The summed E-state index contributed by atoms with van der Waals surface area (Å²) in [5, 5.41) is 0. The molecule has 1 aromatic rings. The molecule has 0 saturated carbocycles. The minimum Gasteiger partial charge on any atom is -0.542 e. The van der Waals surface area contributed by atoms with E-state index in [1.54, 1.807) is 13.2 Å². The molecule has 0 saturated heterocycles. The Bertz CT molecular complexity index is 537. The van der Waals surface area contributed by atoms with E-state index in [2.05, 4.69) is 20.8 Å². The zero-order valence-electron chi connectivity index (χ0n) is 13.7. The number of hydrogen-bond acceptors (Lipinski definition) is 4. The van der Waals surface area contributed by atoms with Crippen molar-refractivity contribution in [2.75, 3.05) is 7.11 Å². The zero-order chi connectivity index (χ0) is 16.4. The third-order valence-electron chi connectivity index (χ3n) is 2.90. The molecule has 1 N–H and O–H groups in total. The molecule has 0 amide bonds. The molecule has 0 aromatic heterocycles. The fourth-order valence-corrected chi connectivity index (χ4v) is 3.42. The molecule has 0 bridgehead atoms. The van der Waals surface area contributed by atoms with Crippen molar-refractivity contribution in [3.63, 3.8) is 0 Å². The second kappa shape index (κ2) is 6.86. The molecule has 0 aliphatic carbocycles. The molecule has 5 nitrogen and oxygen atoms in total. The van der Waals surface area contributed by atoms with Crippen LogP contribution in [-0.4, -0.2) is 21.0 Å². The Balaban J connectivity index is 3.62. The van der Waals surface area contributed by atoms with Crippen molar-refractivity contribution in [3.8, 4) is 17.2 Å². The van der Waals surface area contributed by atoms with Crippen LogP contribution >= 0.6 is 8.25 Å². The SMILES string of the molecule is COc1c(O[SiH](C)C)c(O[PH](=O)O)cc(C)c1C(C)(C)C. The maximum absolute atomic E-state index is 11.1. The van der Waals surface area contributed by atoms with Gasteiger partial charge in [-0.05, 0) is 37.1 Å². The van der Waals surface area contributed by atoms with E-state index in [1.165, 1.54) is 0 Å². The minimum absolute atomic E-state index is 0.144. The third kappa shape index (κ3) is 4.50. The lowest BCUT2D eigenvalue weighted by atomic mass is 9.83. The Labute approximate surface area is 128 Å². The van der Waals surface area contributed by atoms with E-state index in [1.807, 2.05) is 20.0 Å². The van der Waals surface area contributed by atoms with Crippen molar-refractivity contribution in [2.45, 2.75) is 46.2 Å². The van der Waals surface area contributed by atoms with Crippen LogP contribution in [0, 0.1) is 6.92 Å². The van der Waals surface area contributed by atoms with Gasteiger partial charge in [0.2, 0.25) is 9.04 Å². The first-order valence-corrected chi connectivity index (χ1v) is 10.9. The number of methoxy groups -OCH3 is 1. The van der Waals surface area contributed by atoms with Gasteiger partial charge in [0.1, 0.15) is 0 Å². The lowest BCUT2D eigenvalue weighted by molar-refractivity contribution is 0.364. The smallest absolute Gasteiger partial charge is 0.365 e. The first-order chi connectivity index (χ1) is 9.57. The molecule has 1 aromatic carbocycles. The molecule has 1 unspecified atom stereocenters. The number of benzene rings is 1. The van der Waals surface area contributed by atoms with E-state index in [9.17, 15) is 4.57 Å². The Kier molecular flexibility index (Phi) is 5.90. The quantitative estimate of drug-likeness (QED) is 0.661. The van der Waals surface area contributed by atoms with Gasteiger partial charge in [-0.2, -0.15) is 0 Å². The lowest BCUT2D eigenvalue weighted by Gasteiger charge is -2.28. The summed E-state index contributed by atoms with van der Waals surface area (Å²) in [4.78, 5) is 9.09. The summed E-state index contributed by atoms with van der Waals surface area (Å²) in [5.74, 6) is 1.29. The molecular weight excluding hydrogens is 307 g/mol. The second-order valence-electron chi connectivity index (χ2n) is 6.21. The summed E-state index contributed by atoms with van der Waals surface area (Å²) in [6, 6.07) is 1.74. The summed E-state index contributed by atoms with van der Waals surface area (Å²) in [7, 11) is -2.96. The van der Waals surface area contributed by atoms with E-state index < -0.39 is 17.3 Å². The Morgan fingerprint density at radius 3 is 2.19 bits per heavy atom. The highest BCUT2D eigenvalue weighted by Crippen LogP contribution is 2.48. The summed E-state index contributed by atoms with van der Waals surface area (Å²) >= 11 is 0. The van der Waals surface area contributed by atoms with Gasteiger partial charge in [0, 0.05) is 5.56 Å². The number of ether oxygens (including phenoxy) is 1. The van der Waals surface area contributed by atoms with Gasteiger partial charge in [-0.25, -0.2) is 4.57 Å². The van der Waals surface area contributed by atoms with Gasteiger partial charge in [-0.1, -0.05) is 20.8 Å². The van der Waals surface area contributed by atoms with Crippen LogP contribution in [0.25, 0.3) is 0 Å². The normalized spacial score (nSPS) is 13.2. The zero-order valence-corrected chi connectivity index (χ0v) is 15.9. The van der Waals surface area contributed by atoms with Crippen molar-refractivity contribution in [2.24, 2.45) is 0 Å². The summed E-state index contributed by atoms with van der Waals surface area (Å²) in [5.41, 5.74) is 1.81. The van der Waals surface area contributed by atoms with E-state index in [0.717, 1.165) is 11.1 Å². The number of rotatable bonds is 5. The lowest BCUT2D eigenvalue weighted by Crippen LogP contribution is -2.18. The fraction of sp³-hybridized carbons (Fsp3) is 0.571. The molecule has 0 fully saturated rings. The molecule has 21 heavy (non-hydrogen) atoms. The van der Waals surface area contributed by atoms with Crippen molar-refractivity contribution in [3.05, 3.63) is 17.2 Å². The van der Waals surface area contributed by atoms with Crippen molar-refractivity contribution >= 4 is 17.3 Å². The molecule has 0 spiro atoms. The van der Waals surface area contributed by atoms with Crippen LogP contribution in [0.15, 0.2) is 6.07 Å². The third-order valence-corrected chi connectivity index (χ3v) is 4.01. The highest BCUT2D eigenvalue weighted by molar-refractivity contribution is 7.32. The molecule has 1 rings (SSSR count).